The van der Waals surface area contributed by atoms with Gasteiger partial charge in [0.05, 0.1) is 17.0 Å². The summed E-state index contributed by atoms with van der Waals surface area (Å²) in [6, 6.07) is 11.6. The highest BCUT2D eigenvalue weighted by atomic mass is 32.2. The van der Waals surface area contributed by atoms with Crippen LogP contribution in [0.1, 0.15) is 16.3 Å². The molecule has 1 amide bonds. The summed E-state index contributed by atoms with van der Waals surface area (Å²) in [6.45, 7) is 1.97. The summed E-state index contributed by atoms with van der Waals surface area (Å²) in [5.41, 5.74) is 2.76. The third kappa shape index (κ3) is 4.67. The van der Waals surface area contributed by atoms with Gasteiger partial charge in [0.25, 0.3) is 11.1 Å². The second-order valence-electron chi connectivity index (χ2n) is 5.91. The Bertz CT molecular complexity index is 1070. The van der Waals surface area contributed by atoms with Crippen LogP contribution in [-0.2, 0) is 17.0 Å². The van der Waals surface area contributed by atoms with Crippen molar-refractivity contribution in [3.63, 3.8) is 0 Å². The molecule has 0 radical (unpaired) electrons. The van der Waals surface area contributed by atoms with Crippen LogP contribution < -0.4 is 5.32 Å². The van der Waals surface area contributed by atoms with Gasteiger partial charge in [0.1, 0.15) is 5.01 Å². The van der Waals surface area contributed by atoms with Crippen molar-refractivity contribution in [2.24, 2.45) is 0 Å². The summed E-state index contributed by atoms with van der Waals surface area (Å²) in [6.07, 6.45) is 0.257. The summed E-state index contributed by atoms with van der Waals surface area (Å²) in [7, 11) is 0. The molecule has 1 N–H and O–H groups in total. The van der Waals surface area contributed by atoms with E-state index >= 15 is 0 Å². The molecular formula is C19H16N4O2S3. The van der Waals surface area contributed by atoms with E-state index in [1.54, 1.807) is 11.3 Å². The second kappa shape index (κ2) is 8.68. The molecule has 0 saturated heterocycles. The van der Waals surface area contributed by atoms with Crippen molar-refractivity contribution in [2.45, 2.75) is 24.3 Å². The van der Waals surface area contributed by atoms with Crippen LogP contribution in [0.5, 0.6) is 0 Å². The van der Waals surface area contributed by atoms with Crippen molar-refractivity contribution in [3.8, 4) is 10.8 Å². The molecule has 0 atom stereocenters. The van der Waals surface area contributed by atoms with Gasteiger partial charge in [-0.1, -0.05) is 36.0 Å². The number of carbonyl (C=O) groups is 1. The van der Waals surface area contributed by atoms with Crippen LogP contribution in [0, 0.1) is 6.92 Å². The third-order valence-corrected chi connectivity index (χ3v) is 6.42. The first-order valence-electron chi connectivity index (χ1n) is 8.46. The first kappa shape index (κ1) is 18.9. The Morgan fingerprint density at radius 1 is 1.18 bits per heavy atom. The van der Waals surface area contributed by atoms with Gasteiger partial charge in [-0.2, -0.15) is 0 Å². The summed E-state index contributed by atoms with van der Waals surface area (Å²) in [5.74, 6) is 1.08. The number of aromatic nitrogens is 3. The second-order valence-corrected chi connectivity index (χ2v) is 8.73. The first-order chi connectivity index (χ1) is 13.7. The van der Waals surface area contributed by atoms with Crippen molar-refractivity contribution in [2.75, 3.05) is 5.32 Å². The lowest BCUT2D eigenvalue weighted by molar-refractivity contribution is -0.115. The standard InChI is InChI=1S/C19H16N4O2S3/c1-12-5-2-3-6-14(12)21-16(24)9-17-20-13(10-27-17)11-28-19-23-22-18(25-19)15-7-4-8-26-15/h2-8,10H,9,11H2,1H3,(H,21,24). The van der Waals surface area contributed by atoms with Crippen molar-refractivity contribution in [3.05, 3.63) is 63.4 Å². The fourth-order valence-corrected chi connectivity index (χ4v) is 4.64. The van der Waals surface area contributed by atoms with Gasteiger partial charge in [0.2, 0.25) is 5.91 Å². The molecule has 1 aromatic carbocycles. The summed E-state index contributed by atoms with van der Waals surface area (Å²) < 4.78 is 5.66. The average molecular weight is 429 g/mol. The molecule has 0 aliphatic heterocycles. The number of rotatable bonds is 7. The average Bonchev–Trinajstić information content (AvgIpc) is 3.43. The maximum absolute atomic E-state index is 12.3. The Balaban J connectivity index is 1.31. The van der Waals surface area contributed by atoms with Crippen LogP contribution in [0.4, 0.5) is 5.69 Å². The number of hydrogen-bond donors (Lipinski definition) is 1. The number of nitrogens with one attached hydrogen (secondary N) is 1. The molecule has 0 fully saturated rings. The van der Waals surface area contributed by atoms with Gasteiger partial charge in [-0.3, -0.25) is 4.79 Å². The maximum Gasteiger partial charge on any atom is 0.277 e. The lowest BCUT2D eigenvalue weighted by atomic mass is 10.2. The van der Waals surface area contributed by atoms with Crippen LogP contribution in [0.2, 0.25) is 0 Å². The van der Waals surface area contributed by atoms with Gasteiger partial charge in [-0.15, -0.1) is 32.9 Å². The number of carbonyl (C=O) groups excluding carboxylic acids is 1. The molecule has 0 aliphatic carbocycles. The van der Waals surface area contributed by atoms with Crippen LogP contribution in [0.15, 0.2) is 56.8 Å². The van der Waals surface area contributed by atoms with E-state index in [-0.39, 0.29) is 12.3 Å². The van der Waals surface area contributed by atoms with Gasteiger partial charge < -0.3 is 9.73 Å². The fourth-order valence-electron chi connectivity index (χ4n) is 2.44. The van der Waals surface area contributed by atoms with E-state index in [1.807, 2.05) is 54.1 Å². The van der Waals surface area contributed by atoms with E-state index in [0.717, 1.165) is 26.8 Å². The van der Waals surface area contributed by atoms with E-state index in [9.17, 15) is 4.79 Å². The predicted octanol–water partition coefficient (Wildman–Crippen LogP) is 5.04. The molecule has 4 rings (SSSR count). The highest BCUT2D eigenvalue weighted by molar-refractivity contribution is 7.98. The number of anilines is 1. The topological polar surface area (TPSA) is 80.9 Å². The van der Waals surface area contributed by atoms with Crippen LogP contribution in [-0.4, -0.2) is 21.1 Å². The lowest BCUT2D eigenvalue weighted by Gasteiger charge is -2.06. The number of thiophene rings is 1. The molecule has 0 saturated carbocycles. The minimum atomic E-state index is -0.0691. The molecule has 28 heavy (non-hydrogen) atoms. The lowest BCUT2D eigenvalue weighted by Crippen LogP contribution is -2.15. The quantitative estimate of drug-likeness (QED) is 0.416. The minimum Gasteiger partial charge on any atom is -0.410 e. The van der Waals surface area contributed by atoms with Gasteiger partial charge in [0.15, 0.2) is 0 Å². The van der Waals surface area contributed by atoms with Gasteiger partial charge in [-0.05, 0) is 30.0 Å². The van der Waals surface area contributed by atoms with Crippen molar-refractivity contribution >= 4 is 46.0 Å². The first-order valence-corrected chi connectivity index (χ1v) is 11.2. The van der Waals surface area contributed by atoms with Crippen LogP contribution in [0.25, 0.3) is 10.8 Å². The summed E-state index contributed by atoms with van der Waals surface area (Å²) in [4.78, 5) is 17.7. The zero-order chi connectivity index (χ0) is 19.3. The van der Waals surface area contributed by atoms with Gasteiger partial charge >= 0.3 is 0 Å². The van der Waals surface area contributed by atoms with E-state index < -0.39 is 0 Å². The zero-order valence-corrected chi connectivity index (χ0v) is 17.4. The summed E-state index contributed by atoms with van der Waals surface area (Å²) >= 11 is 4.48. The van der Waals surface area contributed by atoms with Crippen molar-refractivity contribution < 1.29 is 9.21 Å². The molecule has 0 bridgehead atoms. The van der Waals surface area contributed by atoms with Gasteiger partial charge in [0, 0.05) is 16.8 Å². The monoisotopic (exact) mass is 428 g/mol. The number of aryl methyl sites for hydroxylation is 1. The molecule has 142 valence electrons. The third-order valence-electron chi connectivity index (χ3n) is 3.81. The highest BCUT2D eigenvalue weighted by Gasteiger charge is 2.12. The molecule has 3 aromatic heterocycles. The number of nitrogens with zero attached hydrogens (tertiary/aromatic N) is 3. The number of thiazole rings is 1. The minimum absolute atomic E-state index is 0.0691. The summed E-state index contributed by atoms with van der Waals surface area (Å²) in [5, 5.41) is 16.3. The SMILES string of the molecule is Cc1ccccc1NC(=O)Cc1nc(CSc2nnc(-c3cccs3)o2)cs1. The van der Waals surface area contributed by atoms with Crippen molar-refractivity contribution in [1.29, 1.82) is 0 Å². The smallest absolute Gasteiger partial charge is 0.277 e. The molecule has 9 heteroatoms. The molecule has 3 heterocycles. The highest BCUT2D eigenvalue weighted by Crippen LogP contribution is 2.28. The van der Waals surface area contributed by atoms with Crippen LogP contribution >= 0.6 is 34.4 Å². The zero-order valence-electron chi connectivity index (χ0n) is 14.9. The molecule has 4 aromatic rings. The molecular weight excluding hydrogens is 412 g/mol. The van der Waals surface area contributed by atoms with E-state index in [4.69, 9.17) is 4.42 Å². The Morgan fingerprint density at radius 3 is 2.89 bits per heavy atom. The number of hydrogen-bond acceptors (Lipinski definition) is 8. The Hall–Kier alpha value is -2.49. The number of benzene rings is 1. The molecule has 0 spiro atoms. The fraction of sp³-hybridized carbons (Fsp3) is 0.158. The Morgan fingerprint density at radius 2 is 2.07 bits per heavy atom. The van der Waals surface area contributed by atoms with E-state index in [2.05, 4.69) is 20.5 Å². The van der Waals surface area contributed by atoms with Crippen molar-refractivity contribution in [1.82, 2.24) is 15.2 Å². The number of thioether (sulfide) groups is 1. The largest absolute Gasteiger partial charge is 0.410 e. The number of amides is 1. The van der Waals surface area contributed by atoms with E-state index in [1.165, 1.54) is 23.1 Å². The Kier molecular flexibility index (Phi) is 5.84. The molecule has 6 nitrogen and oxygen atoms in total. The molecule has 0 unspecified atom stereocenters. The Labute approximate surface area is 174 Å². The van der Waals surface area contributed by atoms with Gasteiger partial charge in [-0.25, -0.2) is 4.98 Å². The van der Waals surface area contributed by atoms with E-state index in [0.29, 0.717) is 16.9 Å². The van der Waals surface area contributed by atoms with Crippen LogP contribution in [0.3, 0.4) is 0 Å². The number of para-hydroxylation sites is 1. The normalized spacial score (nSPS) is 10.9. The maximum atomic E-state index is 12.3. The molecule has 0 aliphatic rings. The predicted molar refractivity (Wildman–Crippen MR) is 113 cm³/mol.